The molecular formula is C25H31N5O3. The smallest absolute Gasteiger partial charge is 0.251 e. The number of amides is 3. The van der Waals surface area contributed by atoms with Crippen LogP contribution in [0.4, 0.5) is 0 Å². The van der Waals surface area contributed by atoms with Crippen LogP contribution in [-0.4, -0.2) is 77.2 Å². The minimum atomic E-state index is -0.307. The highest BCUT2D eigenvalue weighted by Gasteiger charge is 2.53. The second-order valence-corrected chi connectivity index (χ2v) is 9.87. The highest BCUT2D eigenvalue weighted by molar-refractivity contribution is 5.94. The average molecular weight is 450 g/mol. The second-order valence-electron chi connectivity index (χ2n) is 9.87. The molecule has 0 saturated carbocycles. The Morgan fingerprint density at radius 2 is 2.09 bits per heavy atom. The first kappa shape index (κ1) is 21.9. The fourth-order valence-corrected chi connectivity index (χ4v) is 6.35. The molecule has 3 heterocycles. The van der Waals surface area contributed by atoms with Gasteiger partial charge in [0.1, 0.15) is 6.04 Å². The van der Waals surface area contributed by atoms with E-state index in [-0.39, 0.29) is 47.8 Å². The van der Waals surface area contributed by atoms with E-state index in [0.717, 1.165) is 49.8 Å². The molecule has 174 valence electrons. The number of nitriles is 1. The van der Waals surface area contributed by atoms with Crippen LogP contribution in [0.25, 0.3) is 0 Å². The van der Waals surface area contributed by atoms with Crippen LogP contribution in [0.3, 0.4) is 0 Å². The van der Waals surface area contributed by atoms with Crippen molar-refractivity contribution in [2.24, 2.45) is 5.92 Å². The van der Waals surface area contributed by atoms with Crippen LogP contribution in [-0.2, 0) is 16.0 Å². The average Bonchev–Trinajstić information content (AvgIpc) is 3.60. The summed E-state index contributed by atoms with van der Waals surface area (Å²) in [6, 6.07) is 7.83. The number of piperazine rings is 1. The lowest BCUT2D eigenvalue weighted by atomic mass is 10.0. The lowest BCUT2D eigenvalue weighted by Gasteiger charge is -2.38. The summed E-state index contributed by atoms with van der Waals surface area (Å²) < 4.78 is 0. The van der Waals surface area contributed by atoms with Gasteiger partial charge in [0, 0.05) is 44.2 Å². The number of likely N-dealkylation sites (tertiary alicyclic amines) is 3. The maximum Gasteiger partial charge on any atom is 0.251 e. The number of carbonyl (C=O) groups excluding carboxylic acids is 3. The van der Waals surface area contributed by atoms with Crippen LogP contribution in [0.5, 0.6) is 0 Å². The molecule has 1 aromatic carbocycles. The lowest BCUT2D eigenvalue weighted by Crippen LogP contribution is -2.53. The lowest BCUT2D eigenvalue weighted by molar-refractivity contribution is -0.142. The van der Waals surface area contributed by atoms with Gasteiger partial charge in [-0.15, -0.1) is 0 Å². The predicted molar refractivity (Wildman–Crippen MR) is 121 cm³/mol. The third-order valence-electron chi connectivity index (χ3n) is 7.94. The molecule has 33 heavy (non-hydrogen) atoms. The number of fused-ring (bicyclic) bond motifs is 3. The number of nitrogens with one attached hydrogen (secondary N) is 1. The van der Waals surface area contributed by atoms with E-state index in [2.05, 4.69) is 21.2 Å². The molecule has 3 amide bonds. The summed E-state index contributed by atoms with van der Waals surface area (Å²) in [5, 5.41) is 12.0. The minimum absolute atomic E-state index is 0.0303. The molecule has 1 N–H and O–H groups in total. The Kier molecular flexibility index (Phi) is 5.61. The zero-order valence-electron chi connectivity index (χ0n) is 19.3. The number of nitrogens with zero attached hydrogens (tertiary/aromatic N) is 4. The molecule has 0 spiro atoms. The second kappa shape index (κ2) is 8.45. The standard InChI is InChI=1S/C25H31N5O3/c1-15(24(32)29-9-3-4-18(29)12-26)13-28-14-19-11-22(28)25(33)30(19)21-8-6-16-10-17(23(31)27-2)5-7-20(16)21/h5,7,10,15,18-19,21-22H,3-4,6,8-9,11,13-14H2,1-2H3,(H,27,31)/t15-,18-,19+,21+,22+/m0/s1. The fourth-order valence-electron chi connectivity index (χ4n) is 6.35. The Labute approximate surface area is 194 Å². The summed E-state index contributed by atoms with van der Waals surface area (Å²) >= 11 is 0. The van der Waals surface area contributed by atoms with Crippen LogP contribution < -0.4 is 5.32 Å². The minimum Gasteiger partial charge on any atom is -0.355 e. The monoisotopic (exact) mass is 449 g/mol. The molecule has 0 radical (unpaired) electrons. The largest absolute Gasteiger partial charge is 0.355 e. The van der Waals surface area contributed by atoms with Crippen LogP contribution in [0.1, 0.15) is 60.1 Å². The summed E-state index contributed by atoms with van der Waals surface area (Å²) in [6.07, 6.45) is 4.21. The van der Waals surface area contributed by atoms with E-state index in [0.29, 0.717) is 18.7 Å². The Balaban J connectivity index is 1.25. The molecule has 3 saturated heterocycles. The van der Waals surface area contributed by atoms with Crippen LogP contribution in [0.2, 0.25) is 0 Å². The topological polar surface area (TPSA) is 96.8 Å². The summed E-state index contributed by atoms with van der Waals surface area (Å²) in [5.41, 5.74) is 2.98. The Morgan fingerprint density at radius 3 is 2.82 bits per heavy atom. The number of benzene rings is 1. The molecular weight excluding hydrogens is 418 g/mol. The van der Waals surface area contributed by atoms with Crippen molar-refractivity contribution in [2.75, 3.05) is 26.7 Å². The Morgan fingerprint density at radius 1 is 1.27 bits per heavy atom. The molecule has 0 aromatic heterocycles. The van der Waals surface area contributed by atoms with Crippen LogP contribution in [0, 0.1) is 17.2 Å². The molecule has 0 unspecified atom stereocenters. The fraction of sp³-hybridized carbons (Fsp3) is 0.600. The highest BCUT2D eigenvalue weighted by atomic mass is 16.2. The molecule has 3 fully saturated rings. The summed E-state index contributed by atoms with van der Waals surface area (Å²) in [7, 11) is 1.63. The number of hydrogen-bond donors (Lipinski definition) is 1. The Hall–Kier alpha value is -2.92. The van der Waals surface area contributed by atoms with Crippen LogP contribution >= 0.6 is 0 Å². The zero-order valence-corrected chi connectivity index (χ0v) is 19.3. The molecule has 4 aliphatic rings. The summed E-state index contributed by atoms with van der Waals surface area (Å²) in [6.45, 7) is 3.92. The van der Waals surface area contributed by atoms with E-state index in [9.17, 15) is 19.6 Å². The molecule has 5 atom stereocenters. The van der Waals surface area contributed by atoms with E-state index in [1.54, 1.807) is 11.9 Å². The van der Waals surface area contributed by atoms with Gasteiger partial charge in [-0.1, -0.05) is 13.0 Å². The van der Waals surface area contributed by atoms with Gasteiger partial charge in [0.2, 0.25) is 11.8 Å². The molecule has 5 rings (SSSR count). The number of aryl methyl sites for hydroxylation is 1. The summed E-state index contributed by atoms with van der Waals surface area (Å²) in [5.74, 6) is -0.125. The SMILES string of the molecule is CNC(=O)c1ccc2c(c1)CC[C@H]2N1C(=O)[C@H]2C[C@@H]1CN2C[C@H](C)C(=O)N1CCC[C@H]1C#N. The van der Waals surface area contributed by atoms with Gasteiger partial charge >= 0.3 is 0 Å². The van der Waals surface area contributed by atoms with Gasteiger partial charge < -0.3 is 15.1 Å². The highest BCUT2D eigenvalue weighted by Crippen LogP contribution is 2.44. The van der Waals surface area contributed by atoms with E-state index < -0.39 is 0 Å². The maximum absolute atomic E-state index is 13.4. The number of rotatable bonds is 5. The molecule has 1 aromatic rings. The van der Waals surface area contributed by atoms with Crippen molar-refractivity contribution >= 4 is 17.7 Å². The van der Waals surface area contributed by atoms with Gasteiger partial charge in [0.05, 0.1) is 18.2 Å². The number of hydrogen-bond acceptors (Lipinski definition) is 5. The van der Waals surface area contributed by atoms with Crippen LogP contribution in [0.15, 0.2) is 18.2 Å². The molecule has 2 bridgehead atoms. The first-order valence-electron chi connectivity index (χ1n) is 12.0. The quantitative estimate of drug-likeness (QED) is 0.734. The zero-order chi connectivity index (χ0) is 23.3. The van der Waals surface area contributed by atoms with Crippen molar-refractivity contribution in [2.45, 2.75) is 63.2 Å². The van der Waals surface area contributed by atoms with Gasteiger partial charge in [0.25, 0.3) is 5.91 Å². The Bertz CT molecular complexity index is 1030. The first-order valence-corrected chi connectivity index (χ1v) is 12.0. The van der Waals surface area contributed by atoms with E-state index in [1.165, 1.54) is 0 Å². The van der Waals surface area contributed by atoms with Gasteiger partial charge in [0.15, 0.2) is 0 Å². The van der Waals surface area contributed by atoms with Gasteiger partial charge in [-0.3, -0.25) is 19.3 Å². The van der Waals surface area contributed by atoms with Gasteiger partial charge in [-0.2, -0.15) is 5.26 Å². The van der Waals surface area contributed by atoms with Gasteiger partial charge in [-0.05, 0) is 55.4 Å². The van der Waals surface area contributed by atoms with E-state index in [1.807, 2.05) is 25.1 Å². The van der Waals surface area contributed by atoms with Crippen molar-refractivity contribution < 1.29 is 14.4 Å². The maximum atomic E-state index is 13.4. The summed E-state index contributed by atoms with van der Waals surface area (Å²) in [4.78, 5) is 44.2. The van der Waals surface area contributed by atoms with Crippen molar-refractivity contribution in [1.29, 1.82) is 5.26 Å². The predicted octanol–water partition coefficient (Wildman–Crippen LogP) is 1.47. The normalized spacial score (nSPS) is 29.3. The third-order valence-corrected chi connectivity index (χ3v) is 7.94. The molecule has 8 nitrogen and oxygen atoms in total. The third kappa shape index (κ3) is 3.59. The van der Waals surface area contributed by atoms with Crippen molar-refractivity contribution in [1.82, 2.24) is 20.0 Å². The van der Waals surface area contributed by atoms with E-state index in [4.69, 9.17) is 0 Å². The molecule has 8 heteroatoms. The van der Waals surface area contributed by atoms with Crippen molar-refractivity contribution in [3.63, 3.8) is 0 Å². The first-order chi connectivity index (χ1) is 15.9. The van der Waals surface area contributed by atoms with Crippen molar-refractivity contribution in [3.05, 3.63) is 34.9 Å². The van der Waals surface area contributed by atoms with E-state index >= 15 is 0 Å². The molecule has 3 aliphatic heterocycles. The molecule has 1 aliphatic carbocycles. The number of carbonyl (C=O) groups is 3. The van der Waals surface area contributed by atoms with Gasteiger partial charge in [-0.25, -0.2) is 0 Å². The van der Waals surface area contributed by atoms with Crippen molar-refractivity contribution in [3.8, 4) is 6.07 Å².